The summed E-state index contributed by atoms with van der Waals surface area (Å²) in [7, 11) is 1.56. The molecule has 0 saturated carbocycles. The van der Waals surface area contributed by atoms with Gasteiger partial charge in [0.2, 0.25) is 11.8 Å². The van der Waals surface area contributed by atoms with Gasteiger partial charge in [0.15, 0.2) is 0 Å². The molecule has 4 rings (SSSR count). The van der Waals surface area contributed by atoms with Crippen LogP contribution in [0.3, 0.4) is 0 Å². The highest BCUT2D eigenvalue weighted by Gasteiger charge is 2.30. The van der Waals surface area contributed by atoms with Crippen LogP contribution in [-0.4, -0.2) is 41.0 Å². The zero-order valence-corrected chi connectivity index (χ0v) is 19.2. The quantitative estimate of drug-likeness (QED) is 0.604. The Balaban J connectivity index is 1.46. The smallest absolute Gasteiger partial charge is 0.227 e. The van der Waals surface area contributed by atoms with E-state index in [1.54, 1.807) is 23.8 Å². The van der Waals surface area contributed by atoms with Crippen LogP contribution >= 0.6 is 11.8 Å². The molecule has 0 bridgehead atoms. The molecule has 0 fully saturated rings. The first kappa shape index (κ1) is 22.0. The number of para-hydroxylation sites is 1. The minimum absolute atomic E-state index is 0.0754. The topological polar surface area (TPSA) is 76.5 Å². The second-order valence-corrected chi connectivity index (χ2v) is 8.72. The van der Waals surface area contributed by atoms with Gasteiger partial charge in [-0.2, -0.15) is 5.10 Å². The lowest BCUT2D eigenvalue weighted by atomic mass is 10.2. The molecule has 8 heteroatoms. The van der Waals surface area contributed by atoms with Gasteiger partial charge >= 0.3 is 0 Å². The Kier molecular flexibility index (Phi) is 6.50. The number of amides is 2. The summed E-state index contributed by atoms with van der Waals surface area (Å²) in [6.45, 7) is 4.47. The zero-order valence-electron chi connectivity index (χ0n) is 18.4. The van der Waals surface area contributed by atoms with Gasteiger partial charge in [0.1, 0.15) is 10.8 Å². The maximum absolute atomic E-state index is 13.1. The van der Waals surface area contributed by atoms with Crippen LogP contribution in [0.2, 0.25) is 0 Å². The third-order valence-electron chi connectivity index (χ3n) is 5.31. The number of fused-ring (bicyclic) bond motifs is 1. The molecule has 1 aliphatic heterocycles. The molecule has 3 aromatic rings. The van der Waals surface area contributed by atoms with Crippen LogP contribution in [0.4, 0.5) is 11.4 Å². The molecule has 166 valence electrons. The van der Waals surface area contributed by atoms with Crippen molar-refractivity contribution in [3.05, 3.63) is 59.8 Å². The molecular formula is C24H26N4O3S. The van der Waals surface area contributed by atoms with Crippen LogP contribution in [-0.2, 0) is 9.59 Å². The number of ether oxygens (including phenoxy) is 1. The van der Waals surface area contributed by atoms with Crippen molar-refractivity contribution in [2.24, 2.45) is 0 Å². The lowest BCUT2D eigenvalue weighted by Gasteiger charge is -2.27. The number of anilines is 2. The Morgan fingerprint density at radius 3 is 2.66 bits per heavy atom. The average Bonchev–Trinajstić information content (AvgIpc) is 3.15. The molecular weight excluding hydrogens is 424 g/mol. The maximum Gasteiger partial charge on any atom is 0.227 e. The van der Waals surface area contributed by atoms with E-state index >= 15 is 0 Å². The predicted molar refractivity (Wildman–Crippen MR) is 127 cm³/mol. The minimum atomic E-state index is -0.217. The zero-order chi connectivity index (χ0) is 22.7. The number of hydrogen-bond donors (Lipinski definition) is 1. The monoisotopic (exact) mass is 450 g/mol. The molecule has 7 nitrogen and oxygen atoms in total. The fraction of sp³-hybridized carbons (Fsp3) is 0.292. The number of aromatic nitrogens is 2. The average molecular weight is 451 g/mol. The minimum Gasteiger partial charge on any atom is -0.495 e. The number of carbonyl (C=O) groups excluding carboxylic acids is 2. The van der Waals surface area contributed by atoms with Crippen molar-refractivity contribution < 1.29 is 14.3 Å². The van der Waals surface area contributed by atoms with Gasteiger partial charge in [-0.1, -0.05) is 24.3 Å². The van der Waals surface area contributed by atoms with E-state index in [4.69, 9.17) is 4.74 Å². The molecule has 0 aliphatic carbocycles. The number of nitrogens with zero attached hydrogens (tertiary/aromatic N) is 3. The molecule has 1 N–H and O–H groups in total. The van der Waals surface area contributed by atoms with Crippen molar-refractivity contribution in [2.45, 2.75) is 31.7 Å². The third kappa shape index (κ3) is 4.50. The van der Waals surface area contributed by atoms with Crippen LogP contribution in [0.25, 0.3) is 5.69 Å². The van der Waals surface area contributed by atoms with Crippen molar-refractivity contribution in [3.63, 3.8) is 0 Å². The van der Waals surface area contributed by atoms with Gasteiger partial charge in [-0.05, 0) is 43.7 Å². The molecule has 2 amide bonds. The first-order valence-electron chi connectivity index (χ1n) is 10.5. The lowest BCUT2D eigenvalue weighted by molar-refractivity contribution is -0.122. The summed E-state index contributed by atoms with van der Waals surface area (Å²) in [5, 5.41) is 8.50. The van der Waals surface area contributed by atoms with Crippen LogP contribution in [0.1, 0.15) is 24.1 Å². The number of methoxy groups -OCH3 is 1. The Morgan fingerprint density at radius 1 is 1.12 bits per heavy atom. The second kappa shape index (κ2) is 9.48. The molecule has 0 unspecified atom stereocenters. The number of carbonyl (C=O) groups is 2. The van der Waals surface area contributed by atoms with Crippen molar-refractivity contribution in [3.8, 4) is 11.4 Å². The highest BCUT2D eigenvalue weighted by molar-refractivity contribution is 7.99. The molecule has 0 spiro atoms. The third-order valence-corrected chi connectivity index (χ3v) is 6.33. The van der Waals surface area contributed by atoms with Crippen LogP contribution in [0, 0.1) is 13.8 Å². The van der Waals surface area contributed by atoms with Gasteiger partial charge in [-0.25, -0.2) is 4.68 Å². The van der Waals surface area contributed by atoms with E-state index in [1.807, 2.05) is 67.1 Å². The summed E-state index contributed by atoms with van der Waals surface area (Å²) < 4.78 is 7.21. The standard InChI is InChI=1S/C24H26N4O3S/c1-16-9-10-20(31-3)19(15-16)25-21(29)11-12-22(30)27-13-14-32-24-23(27)17(2)26-28(24)18-7-5-4-6-8-18/h4-10,15H,11-14H2,1-3H3,(H,25,29). The Hall–Kier alpha value is -3.26. The van der Waals surface area contributed by atoms with Crippen LogP contribution < -0.4 is 15.0 Å². The molecule has 2 aromatic carbocycles. The summed E-state index contributed by atoms with van der Waals surface area (Å²) in [4.78, 5) is 27.4. The summed E-state index contributed by atoms with van der Waals surface area (Å²) in [5.41, 5.74) is 4.24. The fourth-order valence-corrected chi connectivity index (χ4v) is 4.90. The normalized spacial score (nSPS) is 12.9. The molecule has 32 heavy (non-hydrogen) atoms. The number of rotatable bonds is 6. The highest BCUT2D eigenvalue weighted by Crippen LogP contribution is 2.39. The van der Waals surface area contributed by atoms with Gasteiger partial charge < -0.3 is 15.0 Å². The Morgan fingerprint density at radius 2 is 1.91 bits per heavy atom. The van der Waals surface area contributed by atoms with E-state index in [1.165, 1.54) is 0 Å². The van der Waals surface area contributed by atoms with E-state index in [0.717, 1.165) is 33.4 Å². The van der Waals surface area contributed by atoms with E-state index < -0.39 is 0 Å². The van der Waals surface area contributed by atoms with Crippen LogP contribution in [0.5, 0.6) is 5.75 Å². The predicted octanol–water partition coefficient (Wildman–Crippen LogP) is 4.36. The molecule has 0 saturated heterocycles. The number of thioether (sulfide) groups is 1. The molecule has 0 atom stereocenters. The second-order valence-electron chi connectivity index (χ2n) is 7.63. The number of aryl methyl sites for hydroxylation is 2. The first-order valence-corrected chi connectivity index (χ1v) is 11.5. The molecule has 1 aliphatic rings. The highest BCUT2D eigenvalue weighted by atomic mass is 32.2. The van der Waals surface area contributed by atoms with E-state index in [-0.39, 0.29) is 24.7 Å². The van der Waals surface area contributed by atoms with Gasteiger partial charge in [-0.3, -0.25) is 9.59 Å². The fourth-order valence-electron chi connectivity index (χ4n) is 3.76. The van der Waals surface area contributed by atoms with Crippen molar-refractivity contribution >= 4 is 35.0 Å². The Labute approximate surface area is 191 Å². The maximum atomic E-state index is 13.1. The van der Waals surface area contributed by atoms with E-state index in [2.05, 4.69) is 10.4 Å². The number of hydrogen-bond acceptors (Lipinski definition) is 5. The first-order chi connectivity index (χ1) is 15.5. The SMILES string of the molecule is COc1ccc(C)cc1NC(=O)CCC(=O)N1CCSc2c1c(C)nn2-c1ccccc1. The summed E-state index contributed by atoms with van der Waals surface area (Å²) in [5.74, 6) is 1.08. The van der Waals surface area contributed by atoms with Crippen molar-refractivity contribution in [1.82, 2.24) is 9.78 Å². The van der Waals surface area contributed by atoms with E-state index in [0.29, 0.717) is 18.0 Å². The van der Waals surface area contributed by atoms with E-state index in [9.17, 15) is 9.59 Å². The molecule has 2 heterocycles. The summed E-state index contributed by atoms with van der Waals surface area (Å²) >= 11 is 1.70. The largest absolute Gasteiger partial charge is 0.495 e. The number of benzene rings is 2. The van der Waals surface area contributed by atoms with Gasteiger partial charge in [-0.15, -0.1) is 11.8 Å². The summed E-state index contributed by atoms with van der Waals surface area (Å²) in [6, 6.07) is 15.5. The Bertz CT molecular complexity index is 1140. The molecule has 0 radical (unpaired) electrons. The lowest BCUT2D eigenvalue weighted by Crippen LogP contribution is -2.36. The van der Waals surface area contributed by atoms with Gasteiger partial charge in [0.05, 0.1) is 29.9 Å². The van der Waals surface area contributed by atoms with Crippen molar-refractivity contribution in [1.29, 1.82) is 0 Å². The molecule has 1 aromatic heterocycles. The van der Waals surface area contributed by atoms with Crippen LogP contribution in [0.15, 0.2) is 53.6 Å². The summed E-state index contributed by atoms with van der Waals surface area (Å²) in [6.07, 6.45) is 0.223. The van der Waals surface area contributed by atoms with Crippen molar-refractivity contribution in [2.75, 3.05) is 29.6 Å². The van der Waals surface area contributed by atoms with Gasteiger partial charge in [0, 0.05) is 25.1 Å². The van der Waals surface area contributed by atoms with Gasteiger partial charge in [0.25, 0.3) is 0 Å². The number of nitrogens with one attached hydrogen (secondary N) is 1.